The standard InChI is InChI=1S/C13H11Cl3N4/c1-7-12-13(19(2)18-7)20(11(6-14)17-12)8-3-4-9(15)10(16)5-8/h3-5H,6H2,1-2H3. The predicted octanol–water partition coefficient (Wildman–Crippen LogP) is 4.11. The lowest BCUT2D eigenvalue weighted by atomic mass is 10.3. The van der Waals surface area contributed by atoms with E-state index in [4.69, 9.17) is 34.8 Å². The fraction of sp³-hybridized carbons (Fsp3) is 0.231. The molecule has 0 aliphatic rings. The quantitative estimate of drug-likeness (QED) is 0.663. The Hall–Kier alpha value is -1.23. The highest BCUT2D eigenvalue weighted by molar-refractivity contribution is 6.42. The molecule has 1 aromatic carbocycles. The number of aromatic nitrogens is 4. The van der Waals surface area contributed by atoms with Crippen molar-refractivity contribution < 1.29 is 0 Å². The third-order valence-electron chi connectivity index (χ3n) is 3.15. The Kier molecular flexibility index (Phi) is 3.40. The molecule has 2 aromatic heterocycles. The number of imidazole rings is 1. The van der Waals surface area contributed by atoms with E-state index in [1.807, 2.05) is 24.6 Å². The fourth-order valence-corrected chi connectivity index (χ4v) is 2.77. The van der Waals surface area contributed by atoms with Crippen LogP contribution in [-0.4, -0.2) is 19.3 Å². The predicted molar refractivity (Wildman–Crippen MR) is 82.2 cm³/mol. The van der Waals surface area contributed by atoms with E-state index in [1.54, 1.807) is 16.8 Å². The summed E-state index contributed by atoms with van der Waals surface area (Å²) >= 11 is 18.1. The molecule has 0 N–H and O–H groups in total. The van der Waals surface area contributed by atoms with Crippen molar-refractivity contribution in [3.63, 3.8) is 0 Å². The van der Waals surface area contributed by atoms with Crippen LogP contribution in [0.2, 0.25) is 10.0 Å². The van der Waals surface area contributed by atoms with Crippen LogP contribution in [0.25, 0.3) is 16.9 Å². The molecule has 0 amide bonds. The average Bonchev–Trinajstić information content (AvgIpc) is 2.92. The molecular formula is C13H11Cl3N4. The molecule has 0 aliphatic heterocycles. The van der Waals surface area contributed by atoms with Gasteiger partial charge in [0, 0.05) is 7.05 Å². The maximum absolute atomic E-state index is 6.10. The van der Waals surface area contributed by atoms with Gasteiger partial charge in [0.05, 0.1) is 27.3 Å². The van der Waals surface area contributed by atoms with Crippen LogP contribution in [0, 0.1) is 6.92 Å². The van der Waals surface area contributed by atoms with E-state index in [2.05, 4.69) is 10.1 Å². The van der Waals surface area contributed by atoms with Gasteiger partial charge in [-0.2, -0.15) is 5.10 Å². The van der Waals surface area contributed by atoms with E-state index in [9.17, 15) is 0 Å². The number of fused-ring (bicyclic) bond motifs is 1. The van der Waals surface area contributed by atoms with Crippen molar-refractivity contribution in [3.05, 3.63) is 39.8 Å². The van der Waals surface area contributed by atoms with Gasteiger partial charge in [-0.15, -0.1) is 11.6 Å². The highest BCUT2D eigenvalue weighted by atomic mass is 35.5. The van der Waals surface area contributed by atoms with Crippen LogP contribution in [0.5, 0.6) is 0 Å². The molecule has 104 valence electrons. The number of rotatable bonds is 2. The highest BCUT2D eigenvalue weighted by Gasteiger charge is 2.18. The lowest BCUT2D eigenvalue weighted by Crippen LogP contribution is -2.04. The maximum Gasteiger partial charge on any atom is 0.163 e. The van der Waals surface area contributed by atoms with E-state index < -0.39 is 0 Å². The van der Waals surface area contributed by atoms with Crippen molar-refractivity contribution in [2.24, 2.45) is 7.05 Å². The van der Waals surface area contributed by atoms with Gasteiger partial charge in [-0.1, -0.05) is 23.2 Å². The molecule has 0 spiro atoms. The topological polar surface area (TPSA) is 35.6 Å². The number of benzene rings is 1. The van der Waals surface area contributed by atoms with Crippen LogP contribution >= 0.6 is 34.8 Å². The SMILES string of the molecule is Cc1nn(C)c2c1nc(CCl)n2-c1ccc(Cl)c(Cl)c1. The van der Waals surface area contributed by atoms with Crippen molar-refractivity contribution in [1.82, 2.24) is 19.3 Å². The number of hydrogen-bond donors (Lipinski definition) is 0. The molecule has 0 fully saturated rings. The lowest BCUT2D eigenvalue weighted by molar-refractivity contribution is 0.755. The molecule has 0 atom stereocenters. The summed E-state index contributed by atoms with van der Waals surface area (Å²) in [6.07, 6.45) is 0. The van der Waals surface area contributed by atoms with Gasteiger partial charge in [-0.3, -0.25) is 4.57 Å². The second kappa shape index (κ2) is 4.95. The van der Waals surface area contributed by atoms with Crippen LogP contribution in [0.1, 0.15) is 11.5 Å². The smallest absolute Gasteiger partial charge is 0.163 e. The number of alkyl halides is 1. The second-order valence-electron chi connectivity index (χ2n) is 4.48. The largest absolute Gasteiger partial charge is 0.280 e. The first-order valence-electron chi connectivity index (χ1n) is 5.95. The summed E-state index contributed by atoms with van der Waals surface area (Å²) in [6, 6.07) is 5.43. The van der Waals surface area contributed by atoms with Crippen LogP contribution in [0.4, 0.5) is 0 Å². The Labute approximate surface area is 130 Å². The number of nitrogens with zero attached hydrogens (tertiary/aromatic N) is 4. The molecule has 3 rings (SSSR count). The fourth-order valence-electron chi connectivity index (χ4n) is 2.30. The van der Waals surface area contributed by atoms with Crippen LogP contribution < -0.4 is 0 Å². The van der Waals surface area contributed by atoms with Crippen LogP contribution in [0.3, 0.4) is 0 Å². The Bertz CT molecular complexity index is 804. The Balaban J connectivity index is 2.36. The zero-order chi connectivity index (χ0) is 14.4. The van der Waals surface area contributed by atoms with Crippen molar-refractivity contribution in [2.45, 2.75) is 12.8 Å². The number of halogens is 3. The zero-order valence-electron chi connectivity index (χ0n) is 10.9. The third-order valence-corrected chi connectivity index (χ3v) is 4.13. The van der Waals surface area contributed by atoms with Crippen LogP contribution in [-0.2, 0) is 12.9 Å². The van der Waals surface area contributed by atoms with Gasteiger partial charge in [0.25, 0.3) is 0 Å². The molecule has 0 bridgehead atoms. The van der Waals surface area contributed by atoms with Crippen molar-refractivity contribution >= 4 is 46.0 Å². The van der Waals surface area contributed by atoms with Crippen molar-refractivity contribution in [1.29, 1.82) is 0 Å². The molecule has 4 nitrogen and oxygen atoms in total. The molecule has 0 aliphatic carbocycles. The number of hydrogen-bond acceptors (Lipinski definition) is 2. The minimum atomic E-state index is 0.300. The first-order chi connectivity index (χ1) is 9.52. The molecule has 20 heavy (non-hydrogen) atoms. The van der Waals surface area contributed by atoms with E-state index in [0.717, 1.165) is 28.4 Å². The molecule has 7 heteroatoms. The van der Waals surface area contributed by atoms with Gasteiger partial charge < -0.3 is 0 Å². The lowest BCUT2D eigenvalue weighted by Gasteiger charge is -2.09. The molecule has 0 radical (unpaired) electrons. The molecule has 0 saturated carbocycles. The van der Waals surface area contributed by atoms with Gasteiger partial charge in [0.15, 0.2) is 5.65 Å². The van der Waals surface area contributed by atoms with Crippen molar-refractivity contribution in [2.75, 3.05) is 0 Å². The molecule has 3 aromatic rings. The van der Waals surface area contributed by atoms with E-state index in [1.165, 1.54) is 0 Å². The Morgan fingerprint density at radius 2 is 1.95 bits per heavy atom. The minimum absolute atomic E-state index is 0.300. The summed E-state index contributed by atoms with van der Waals surface area (Å²) in [6.45, 7) is 1.92. The highest BCUT2D eigenvalue weighted by Crippen LogP contribution is 2.29. The van der Waals surface area contributed by atoms with E-state index in [-0.39, 0.29) is 0 Å². The van der Waals surface area contributed by atoms with Crippen molar-refractivity contribution in [3.8, 4) is 5.69 Å². The number of aryl methyl sites for hydroxylation is 2. The summed E-state index contributed by atoms with van der Waals surface area (Å²) in [5.41, 5.74) is 3.46. The molecule has 0 saturated heterocycles. The van der Waals surface area contributed by atoms with Gasteiger partial charge >= 0.3 is 0 Å². The van der Waals surface area contributed by atoms with Gasteiger partial charge in [-0.25, -0.2) is 9.67 Å². The van der Waals surface area contributed by atoms with E-state index in [0.29, 0.717) is 15.9 Å². The summed E-state index contributed by atoms with van der Waals surface area (Å²) in [7, 11) is 1.88. The summed E-state index contributed by atoms with van der Waals surface area (Å²) in [4.78, 5) is 4.55. The summed E-state index contributed by atoms with van der Waals surface area (Å²) in [5, 5.41) is 5.39. The molecule has 2 heterocycles. The second-order valence-corrected chi connectivity index (χ2v) is 5.56. The Morgan fingerprint density at radius 3 is 2.60 bits per heavy atom. The third kappa shape index (κ3) is 1.99. The maximum atomic E-state index is 6.10. The van der Waals surface area contributed by atoms with E-state index >= 15 is 0 Å². The normalized spacial score (nSPS) is 11.4. The monoisotopic (exact) mass is 328 g/mol. The Morgan fingerprint density at radius 1 is 1.20 bits per heavy atom. The van der Waals surface area contributed by atoms with Gasteiger partial charge in [-0.05, 0) is 25.1 Å². The first-order valence-corrected chi connectivity index (χ1v) is 7.24. The van der Waals surface area contributed by atoms with Crippen LogP contribution in [0.15, 0.2) is 18.2 Å². The average molecular weight is 330 g/mol. The van der Waals surface area contributed by atoms with Gasteiger partial charge in [0.2, 0.25) is 0 Å². The first kappa shape index (κ1) is 13.7. The summed E-state index contributed by atoms with van der Waals surface area (Å²) < 4.78 is 3.74. The van der Waals surface area contributed by atoms with Gasteiger partial charge in [0.1, 0.15) is 11.3 Å². The minimum Gasteiger partial charge on any atom is -0.280 e. The summed E-state index contributed by atoms with van der Waals surface area (Å²) in [5.74, 6) is 1.05. The molecule has 0 unspecified atom stereocenters. The molecular weight excluding hydrogens is 319 g/mol. The zero-order valence-corrected chi connectivity index (χ0v) is 13.1.